The molecule has 120 valence electrons. The molecule has 7 nitrogen and oxygen atoms in total. The van der Waals surface area contributed by atoms with Crippen molar-refractivity contribution in [2.45, 2.75) is 0 Å². The molecule has 0 aliphatic rings. The van der Waals surface area contributed by atoms with Crippen molar-refractivity contribution >= 4 is 29.3 Å². The quantitative estimate of drug-likeness (QED) is 0.757. The predicted molar refractivity (Wildman–Crippen MR) is 87.7 cm³/mol. The highest BCUT2D eigenvalue weighted by atomic mass is 35.5. The third kappa shape index (κ3) is 3.11. The van der Waals surface area contributed by atoms with Gasteiger partial charge in [0.15, 0.2) is 0 Å². The number of hydrogen-bond acceptors (Lipinski definition) is 5. The van der Waals surface area contributed by atoms with E-state index in [2.05, 4.69) is 15.5 Å². The normalized spacial score (nSPS) is 10.4. The summed E-state index contributed by atoms with van der Waals surface area (Å²) in [6, 6.07) is 9.54. The average molecular weight is 343 g/mol. The first-order chi connectivity index (χ1) is 11.6. The maximum absolute atomic E-state index is 12.2. The molecule has 0 saturated heterocycles. The van der Waals surface area contributed by atoms with E-state index in [0.29, 0.717) is 16.1 Å². The van der Waals surface area contributed by atoms with E-state index in [0.717, 1.165) is 0 Å². The number of primary amides is 1. The first-order valence-corrected chi connectivity index (χ1v) is 7.21. The maximum Gasteiger partial charge on any atom is 0.258 e. The first kappa shape index (κ1) is 15.7. The number of pyridine rings is 1. The zero-order valence-corrected chi connectivity index (χ0v) is 12.9. The van der Waals surface area contributed by atoms with Gasteiger partial charge in [-0.1, -0.05) is 16.8 Å². The van der Waals surface area contributed by atoms with Crippen LogP contribution in [0.2, 0.25) is 5.02 Å². The minimum atomic E-state index is -0.769. The number of carbonyl (C=O) groups excluding carboxylic acids is 2. The highest BCUT2D eigenvalue weighted by Crippen LogP contribution is 2.28. The Bertz CT molecular complexity index is 891. The molecular formula is C16H11ClN4O3. The third-order valence-corrected chi connectivity index (χ3v) is 3.48. The first-order valence-electron chi connectivity index (χ1n) is 6.83. The molecule has 2 aromatic heterocycles. The van der Waals surface area contributed by atoms with Gasteiger partial charge in [-0.05, 0) is 36.4 Å². The molecule has 3 rings (SSSR count). The van der Waals surface area contributed by atoms with Crippen LogP contribution in [-0.2, 0) is 0 Å². The molecule has 0 aliphatic heterocycles. The molecule has 8 heteroatoms. The summed E-state index contributed by atoms with van der Waals surface area (Å²) in [6.07, 6.45) is 3.08. The van der Waals surface area contributed by atoms with E-state index in [1.54, 1.807) is 48.8 Å². The van der Waals surface area contributed by atoms with Crippen LogP contribution in [-0.4, -0.2) is 22.0 Å². The van der Waals surface area contributed by atoms with Gasteiger partial charge in [-0.15, -0.1) is 0 Å². The van der Waals surface area contributed by atoms with Crippen molar-refractivity contribution in [3.63, 3.8) is 0 Å². The van der Waals surface area contributed by atoms with Gasteiger partial charge in [-0.3, -0.25) is 19.9 Å². The average Bonchev–Trinajstić information content (AvgIpc) is 3.00. The van der Waals surface area contributed by atoms with Crippen molar-refractivity contribution in [2.24, 2.45) is 5.73 Å². The molecule has 0 fully saturated rings. The number of carbonyl (C=O) groups is 2. The molecule has 0 bridgehead atoms. The predicted octanol–water partition coefficient (Wildman–Crippen LogP) is 2.74. The number of amides is 2. The van der Waals surface area contributed by atoms with E-state index in [1.807, 2.05) is 0 Å². The number of anilines is 1. The van der Waals surface area contributed by atoms with Crippen LogP contribution in [0.4, 0.5) is 5.88 Å². The van der Waals surface area contributed by atoms with Crippen LogP contribution >= 0.6 is 11.6 Å². The van der Waals surface area contributed by atoms with E-state index in [-0.39, 0.29) is 17.1 Å². The lowest BCUT2D eigenvalue weighted by Gasteiger charge is -2.03. The molecule has 24 heavy (non-hydrogen) atoms. The Balaban J connectivity index is 1.94. The van der Waals surface area contributed by atoms with Crippen LogP contribution in [0.25, 0.3) is 11.3 Å². The van der Waals surface area contributed by atoms with E-state index in [9.17, 15) is 9.59 Å². The number of halogens is 1. The van der Waals surface area contributed by atoms with Crippen molar-refractivity contribution in [3.05, 3.63) is 64.9 Å². The van der Waals surface area contributed by atoms with Gasteiger partial charge >= 0.3 is 0 Å². The van der Waals surface area contributed by atoms with Gasteiger partial charge in [0.2, 0.25) is 5.88 Å². The molecule has 2 amide bonds. The summed E-state index contributed by atoms with van der Waals surface area (Å²) in [4.78, 5) is 27.9. The van der Waals surface area contributed by atoms with Gasteiger partial charge in [-0.25, -0.2) is 0 Å². The molecule has 1 aromatic carbocycles. The van der Waals surface area contributed by atoms with Crippen LogP contribution in [0.5, 0.6) is 0 Å². The van der Waals surface area contributed by atoms with E-state index >= 15 is 0 Å². The fourth-order valence-electron chi connectivity index (χ4n) is 2.09. The third-order valence-electron chi connectivity index (χ3n) is 3.23. The molecule has 0 aliphatic carbocycles. The van der Waals surface area contributed by atoms with E-state index in [4.69, 9.17) is 21.9 Å². The van der Waals surface area contributed by atoms with Gasteiger partial charge in [-0.2, -0.15) is 0 Å². The molecule has 0 spiro atoms. The Kier molecular flexibility index (Phi) is 4.26. The largest absolute Gasteiger partial charge is 0.365 e. The second kappa shape index (κ2) is 6.51. The van der Waals surface area contributed by atoms with Crippen molar-refractivity contribution in [1.29, 1.82) is 0 Å². The molecule has 0 atom stereocenters. The number of nitrogens with one attached hydrogen (secondary N) is 1. The van der Waals surface area contributed by atoms with Gasteiger partial charge in [0.25, 0.3) is 11.8 Å². The van der Waals surface area contributed by atoms with Crippen LogP contribution in [0.3, 0.4) is 0 Å². The Morgan fingerprint density at radius 2 is 1.75 bits per heavy atom. The van der Waals surface area contributed by atoms with Gasteiger partial charge < -0.3 is 10.3 Å². The van der Waals surface area contributed by atoms with Crippen molar-refractivity contribution < 1.29 is 14.1 Å². The monoisotopic (exact) mass is 342 g/mol. The number of benzene rings is 1. The smallest absolute Gasteiger partial charge is 0.258 e. The van der Waals surface area contributed by atoms with Gasteiger partial charge in [0, 0.05) is 28.5 Å². The number of aromatic nitrogens is 2. The van der Waals surface area contributed by atoms with Crippen LogP contribution in [0.1, 0.15) is 20.7 Å². The topological polar surface area (TPSA) is 111 Å². The van der Waals surface area contributed by atoms with E-state index in [1.165, 1.54) is 0 Å². The standard InChI is InChI=1S/C16H11ClN4O3/c17-11-3-1-10(2-4-11)15(23)20-16-12(14(18)22)13(21-24-16)9-5-7-19-8-6-9/h1-8H,(H2,18,22)(H,20,23). The van der Waals surface area contributed by atoms with Crippen molar-refractivity contribution in [1.82, 2.24) is 10.1 Å². The summed E-state index contributed by atoms with van der Waals surface area (Å²) in [5, 5.41) is 6.82. The van der Waals surface area contributed by atoms with Gasteiger partial charge in [0.1, 0.15) is 11.3 Å². The molecular weight excluding hydrogens is 332 g/mol. The fraction of sp³-hybridized carbons (Fsp3) is 0. The maximum atomic E-state index is 12.2. The summed E-state index contributed by atoms with van der Waals surface area (Å²) in [5.41, 5.74) is 6.57. The highest BCUT2D eigenvalue weighted by Gasteiger charge is 2.24. The fourth-order valence-corrected chi connectivity index (χ4v) is 2.21. The van der Waals surface area contributed by atoms with Crippen molar-refractivity contribution in [2.75, 3.05) is 5.32 Å². The van der Waals surface area contributed by atoms with Crippen molar-refractivity contribution in [3.8, 4) is 11.3 Å². The Morgan fingerprint density at radius 3 is 2.38 bits per heavy atom. The summed E-state index contributed by atoms with van der Waals surface area (Å²) in [5.74, 6) is -1.37. The summed E-state index contributed by atoms with van der Waals surface area (Å²) in [7, 11) is 0. The molecule has 2 heterocycles. The molecule has 0 unspecified atom stereocenters. The molecule has 0 radical (unpaired) electrons. The molecule has 3 N–H and O–H groups in total. The number of nitrogens with two attached hydrogens (primary N) is 1. The molecule has 0 saturated carbocycles. The number of rotatable bonds is 4. The highest BCUT2D eigenvalue weighted by molar-refractivity contribution is 6.30. The number of nitrogens with zero attached hydrogens (tertiary/aromatic N) is 2. The lowest BCUT2D eigenvalue weighted by atomic mass is 10.1. The SMILES string of the molecule is NC(=O)c1c(-c2ccncc2)noc1NC(=O)c1ccc(Cl)cc1. The summed E-state index contributed by atoms with van der Waals surface area (Å²) in [6.45, 7) is 0. The van der Waals surface area contributed by atoms with Crippen LogP contribution < -0.4 is 11.1 Å². The Labute approximate surface area is 141 Å². The zero-order valence-electron chi connectivity index (χ0n) is 12.2. The minimum absolute atomic E-state index is 0.0106. The Hall–Kier alpha value is -3.19. The van der Waals surface area contributed by atoms with E-state index < -0.39 is 11.8 Å². The van der Waals surface area contributed by atoms with Gasteiger partial charge in [0.05, 0.1) is 0 Å². The van der Waals surface area contributed by atoms with Crippen LogP contribution in [0, 0.1) is 0 Å². The Morgan fingerprint density at radius 1 is 1.08 bits per heavy atom. The lowest BCUT2D eigenvalue weighted by molar-refractivity contribution is 0.100. The summed E-state index contributed by atoms with van der Waals surface area (Å²) >= 11 is 5.79. The second-order valence-electron chi connectivity index (χ2n) is 4.80. The van der Waals surface area contributed by atoms with Crippen LogP contribution in [0.15, 0.2) is 53.3 Å². The molecule has 3 aromatic rings. The zero-order chi connectivity index (χ0) is 17.1. The lowest BCUT2D eigenvalue weighted by Crippen LogP contribution is -2.17. The summed E-state index contributed by atoms with van der Waals surface area (Å²) < 4.78 is 5.10. The minimum Gasteiger partial charge on any atom is -0.365 e. The second-order valence-corrected chi connectivity index (χ2v) is 5.23. The number of hydrogen-bond donors (Lipinski definition) is 2.